The van der Waals surface area contributed by atoms with Crippen LogP contribution in [0.25, 0.3) is 0 Å². The molecule has 4 nitrogen and oxygen atoms in total. The van der Waals surface area contributed by atoms with Crippen molar-refractivity contribution in [3.63, 3.8) is 0 Å². The van der Waals surface area contributed by atoms with Crippen molar-refractivity contribution in [3.8, 4) is 5.75 Å². The highest BCUT2D eigenvalue weighted by Crippen LogP contribution is 2.21. The summed E-state index contributed by atoms with van der Waals surface area (Å²) in [4.78, 5) is 10.8. The van der Waals surface area contributed by atoms with E-state index in [-0.39, 0.29) is 6.10 Å². The Bertz CT molecular complexity index is 411. The molecule has 1 atom stereocenters. The highest BCUT2D eigenvalue weighted by atomic mass is 16.5. The van der Waals surface area contributed by atoms with Crippen molar-refractivity contribution in [1.82, 2.24) is 0 Å². The Morgan fingerprint density at radius 2 is 2.32 bits per heavy atom. The summed E-state index contributed by atoms with van der Waals surface area (Å²) in [6.45, 7) is 1.86. The molecule has 19 heavy (non-hydrogen) atoms. The summed E-state index contributed by atoms with van der Waals surface area (Å²) in [6, 6.07) is 5.33. The number of hydrogen-bond donors (Lipinski definition) is 0. The van der Waals surface area contributed by atoms with Crippen molar-refractivity contribution in [2.24, 2.45) is 0 Å². The van der Waals surface area contributed by atoms with Crippen LogP contribution in [-0.2, 0) is 16.1 Å². The van der Waals surface area contributed by atoms with Gasteiger partial charge in [-0.05, 0) is 37.5 Å². The topological polar surface area (TPSA) is 44.8 Å². The third kappa shape index (κ3) is 4.04. The summed E-state index contributed by atoms with van der Waals surface area (Å²) in [5.74, 6) is 0.746. The minimum atomic E-state index is 0.203. The van der Waals surface area contributed by atoms with Gasteiger partial charge in [0.05, 0.1) is 26.4 Å². The largest absolute Gasteiger partial charge is 0.496 e. The molecule has 0 saturated carbocycles. The predicted molar refractivity (Wildman–Crippen MR) is 71.6 cm³/mol. The van der Waals surface area contributed by atoms with Gasteiger partial charge in [-0.1, -0.05) is 0 Å². The number of aldehydes is 1. The van der Waals surface area contributed by atoms with E-state index in [1.807, 2.05) is 0 Å². The monoisotopic (exact) mass is 264 g/mol. The van der Waals surface area contributed by atoms with E-state index < -0.39 is 0 Å². The lowest BCUT2D eigenvalue weighted by atomic mass is 10.1. The Hall–Kier alpha value is -1.39. The SMILES string of the molecule is COc1ccc(C=O)cc1COCC1CCCCO1. The molecule has 2 rings (SSSR count). The summed E-state index contributed by atoms with van der Waals surface area (Å²) in [6.07, 6.45) is 4.44. The molecule has 104 valence electrons. The molecule has 4 heteroatoms. The summed E-state index contributed by atoms with van der Waals surface area (Å²) in [5, 5.41) is 0. The zero-order chi connectivity index (χ0) is 13.5. The van der Waals surface area contributed by atoms with E-state index in [4.69, 9.17) is 14.2 Å². The van der Waals surface area contributed by atoms with Crippen molar-refractivity contribution < 1.29 is 19.0 Å². The average molecular weight is 264 g/mol. The van der Waals surface area contributed by atoms with E-state index in [2.05, 4.69) is 0 Å². The first-order valence-electron chi connectivity index (χ1n) is 6.65. The fourth-order valence-electron chi connectivity index (χ4n) is 2.22. The Morgan fingerprint density at radius 3 is 3.00 bits per heavy atom. The lowest BCUT2D eigenvalue weighted by Crippen LogP contribution is -2.24. The Labute approximate surface area is 113 Å². The number of carbonyl (C=O) groups excluding carboxylic acids is 1. The second-order valence-corrected chi connectivity index (χ2v) is 4.69. The maximum atomic E-state index is 10.8. The van der Waals surface area contributed by atoms with Crippen LogP contribution in [0, 0.1) is 0 Å². The summed E-state index contributed by atoms with van der Waals surface area (Å²) < 4.78 is 16.5. The van der Waals surface area contributed by atoms with Gasteiger partial charge in [0.25, 0.3) is 0 Å². The number of benzene rings is 1. The lowest BCUT2D eigenvalue weighted by Gasteiger charge is -2.22. The Kier molecular flexibility index (Phi) is 5.36. The molecule has 0 N–H and O–H groups in total. The molecule has 1 unspecified atom stereocenters. The molecular weight excluding hydrogens is 244 g/mol. The normalized spacial score (nSPS) is 19.1. The summed E-state index contributed by atoms with van der Waals surface area (Å²) in [7, 11) is 1.61. The smallest absolute Gasteiger partial charge is 0.150 e. The average Bonchev–Trinajstić information content (AvgIpc) is 2.48. The van der Waals surface area contributed by atoms with Gasteiger partial charge < -0.3 is 14.2 Å². The van der Waals surface area contributed by atoms with Crippen LogP contribution in [-0.4, -0.2) is 32.7 Å². The van der Waals surface area contributed by atoms with Crippen LogP contribution in [0.1, 0.15) is 35.2 Å². The van der Waals surface area contributed by atoms with Crippen LogP contribution in [0.3, 0.4) is 0 Å². The predicted octanol–water partition coefficient (Wildman–Crippen LogP) is 2.59. The number of carbonyl (C=O) groups is 1. The fourth-order valence-corrected chi connectivity index (χ4v) is 2.22. The molecule has 1 heterocycles. The van der Waals surface area contributed by atoms with Gasteiger partial charge in [0.2, 0.25) is 0 Å². The van der Waals surface area contributed by atoms with Gasteiger partial charge in [0.15, 0.2) is 0 Å². The quantitative estimate of drug-likeness (QED) is 0.741. The fraction of sp³-hybridized carbons (Fsp3) is 0.533. The van der Waals surface area contributed by atoms with Crippen molar-refractivity contribution >= 4 is 6.29 Å². The van der Waals surface area contributed by atoms with Gasteiger partial charge >= 0.3 is 0 Å². The van der Waals surface area contributed by atoms with E-state index in [9.17, 15) is 4.79 Å². The molecule has 1 aromatic rings. The first-order chi connectivity index (χ1) is 9.33. The van der Waals surface area contributed by atoms with Crippen molar-refractivity contribution in [3.05, 3.63) is 29.3 Å². The van der Waals surface area contributed by atoms with Crippen molar-refractivity contribution in [1.29, 1.82) is 0 Å². The highest BCUT2D eigenvalue weighted by molar-refractivity contribution is 5.75. The Balaban J connectivity index is 1.88. The molecule has 0 spiro atoms. The zero-order valence-electron chi connectivity index (χ0n) is 11.3. The third-order valence-electron chi connectivity index (χ3n) is 3.28. The molecule has 1 aliphatic rings. The van der Waals surface area contributed by atoms with Crippen molar-refractivity contribution in [2.45, 2.75) is 32.0 Å². The maximum Gasteiger partial charge on any atom is 0.150 e. The van der Waals surface area contributed by atoms with Gasteiger partial charge in [-0.3, -0.25) is 4.79 Å². The minimum absolute atomic E-state index is 0.203. The second-order valence-electron chi connectivity index (χ2n) is 4.69. The molecule has 1 aliphatic heterocycles. The number of rotatable bonds is 6. The summed E-state index contributed by atoms with van der Waals surface area (Å²) in [5.41, 5.74) is 1.52. The highest BCUT2D eigenvalue weighted by Gasteiger charge is 2.14. The van der Waals surface area contributed by atoms with Gasteiger partial charge in [-0.25, -0.2) is 0 Å². The number of hydrogen-bond acceptors (Lipinski definition) is 4. The standard InChI is InChI=1S/C15H20O4/c1-17-15-6-5-12(9-16)8-13(15)10-18-11-14-4-2-3-7-19-14/h5-6,8-9,14H,2-4,7,10-11H2,1H3. The maximum absolute atomic E-state index is 10.8. The minimum Gasteiger partial charge on any atom is -0.496 e. The molecule has 0 aromatic heterocycles. The third-order valence-corrected chi connectivity index (χ3v) is 3.28. The van der Waals surface area contributed by atoms with E-state index >= 15 is 0 Å². The van der Waals surface area contributed by atoms with Gasteiger partial charge in [-0.15, -0.1) is 0 Å². The molecule has 0 amide bonds. The first-order valence-corrected chi connectivity index (χ1v) is 6.65. The number of methoxy groups -OCH3 is 1. The van der Waals surface area contributed by atoms with Crippen LogP contribution >= 0.6 is 0 Å². The first kappa shape index (κ1) is 14.0. The molecular formula is C15H20O4. The van der Waals surface area contributed by atoms with Crippen molar-refractivity contribution in [2.75, 3.05) is 20.3 Å². The molecule has 0 bridgehead atoms. The molecule has 0 aliphatic carbocycles. The van der Waals surface area contributed by atoms with Gasteiger partial charge in [0, 0.05) is 17.7 Å². The van der Waals surface area contributed by atoms with E-state index in [1.165, 1.54) is 6.42 Å². The van der Waals surface area contributed by atoms with Crippen LogP contribution in [0.2, 0.25) is 0 Å². The van der Waals surface area contributed by atoms with E-state index in [0.717, 1.165) is 37.0 Å². The Morgan fingerprint density at radius 1 is 1.42 bits per heavy atom. The number of ether oxygens (including phenoxy) is 3. The van der Waals surface area contributed by atoms with E-state index in [1.54, 1.807) is 25.3 Å². The lowest BCUT2D eigenvalue weighted by molar-refractivity contribution is -0.0449. The summed E-state index contributed by atoms with van der Waals surface area (Å²) >= 11 is 0. The molecule has 1 saturated heterocycles. The van der Waals surface area contributed by atoms with Crippen LogP contribution in [0.4, 0.5) is 0 Å². The molecule has 1 fully saturated rings. The van der Waals surface area contributed by atoms with Crippen LogP contribution in [0.15, 0.2) is 18.2 Å². The molecule has 0 radical (unpaired) electrons. The van der Waals surface area contributed by atoms with Gasteiger partial charge in [0.1, 0.15) is 12.0 Å². The van der Waals surface area contributed by atoms with E-state index in [0.29, 0.717) is 18.8 Å². The van der Waals surface area contributed by atoms with Gasteiger partial charge in [-0.2, -0.15) is 0 Å². The van der Waals surface area contributed by atoms with Crippen LogP contribution in [0.5, 0.6) is 5.75 Å². The second kappa shape index (κ2) is 7.26. The molecule has 1 aromatic carbocycles. The van der Waals surface area contributed by atoms with Crippen LogP contribution < -0.4 is 4.74 Å². The zero-order valence-corrected chi connectivity index (χ0v) is 11.3.